The highest BCUT2D eigenvalue weighted by molar-refractivity contribution is 6.30. The SMILES string of the molecule is CC(C)CCC(C)NCCOCc1ccc(Cl)cc1. The van der Waals surface area contributed by atoms with E-state index in [2.05, 4.69) is 26.1 Å². The van der Waals surface area contributed by atoms with Gasteiger partial charge in [0.1, 0.15) is 0 Å². The molecule has 0 bridgehead atoms. The van der Waals surface area contributed by atoms with E-state index < -0.39 is 0 Å². The molecule has 1 unspecified atom stereocenters. The highest BCUT2D eigenvalue weighted by atomic mass is 35.5. The molecule has 0 amide bonds. The summed E-state index contributed by atoms with van der Waals surface area (Å²) >= 11 is 5.83. The fourth-order valence-corrected chi connectivity index (χ4v) is 1.96. The lowest BCUT2D eigenvalue weighted by atomic mass is 10.0. The van der Waals surface area contributed by atoms with E-state index in [9.17, 15) is 0 Å². The molecule has 0 aliphatic heterocycles. The highest BCUT2D eigenvalue weighted by Gasteiger charge is 2.02. The second kappa shape index (κ2) is 9.35. The molecule has 108 valence electrons. The van der Waals surface area contributed by atoms with Gasteiger partial charge in [0.15, 0.2) is 0 Å². The van der Waals surface area contributed by atoms with Gasteiger partial charge in [0.05, 0.1) is 13.2 Å². The quantitative estimate of drug-likeness (QED) is 0.683. The smallest absolute Gasteiger partial charge is 0.0717 e. The van der Waals surface area contributed by atoms with Crippen LogP contribution in [0.2, 0.25) is 5.02 Å². The lowest BCUT2D eigenvalue weighted by Gasteiger charge is -2.15. The van der Waals surface area contributed by atoms with Crippen LogP contribution in [0, 0.1) is 5.92 Å². The van der Waals surface area contributed by atoms with Gasteiger partial charge < -0.3 is 10.1 Å². The molecule has 0 saturated heterocycles. The standard InChI is InChI=1S/C16H26ClNO/c1-13(2)4-5-14(3)18-10-11-19-12-15-6-8-16(17)9-7-15/h6-9,13-14,18H,4-5,10-12H2,1-3H3. The summed E-state index contributed by atoms with van der Waals surface area (Å²) in [4.78, 5) is 0. The minimum atomic E-state index is 0.571. The largest absolute Gasteiger partial charge is 0.375 e. The van der Waals surface area contributed by atoms with Crippen molar-refractivity contribution in [3.63, 3.8) is 0 Å². The average Bonchev–Trinajstić information content (AvgIpc) is 2.38. The fourth-order valence-electron chi connectivity index (χ4n) is 1.83. The molecule has 1 N–H and O–H groups in total. The average molecular weight is 284 g/mol. The first kappa shape index (κ1) is 16.5. The molecule has 0 spiro atoms. The van der Waals surface area contributed by atoms with E-state index in [1.54, 1.807) is 0 Å². The lowest BCUT2D eigenvalue weighted by Crippen LogP contribution is -2.29. The van der Waals surface area contributed by atoms with Gasteiger partial charge in [-0.15, -0.1) is 0 Å². The Morgan fingerprint density at radius 2 is 1.79 bits per heavy atom. The van der Waals surface area contributed by atoms with E-state index >= 15 is 0 Å². The molecular formula is C16H26ClNO. The van der Waals surface area contributed by atoms with E-state index in [4.69, 9.17) is 16.3 Å². The first-order valence-corrected chi connectivity index (χ1v) is 7.51. The molecule has 1 aromatic carbocycles. The van der Waals surface area contributed by atoms with Crippen molar-refractivity contribution in [2.45, 2.75) is 46.3 Å². The number of hydrogen-bond donors (Lipinski definition) is 1. The van der Waals surface area contributed by atoms with Crippen LogP contribution in [0.4, 0.5) is 0 Å². The molecule has 0 fully saturated rings. The van der Waals surface area contributed by atoms with Crippen molar-refractivity contribution in [3.05, 3.63) is 34.9 Å². The van der Waals surface area contributed by atoms with Gasteiger partial charge in [0.25, 0.3) is 0 Å². The molecule has 0 aromatic heterocycles. The monoisotopic (exact) mass is 283 g/mol. The van der Waals surface area contributed by atoms with Crippen molar-refractivity contribution in [2.24, 2.45) is 5.92 Å². The topological polar surface area (TPSA) is 21.3 Å². The number of ether oxygens (including phenoxy) is 1. The summed E-state index contributed by atoms with van der Waals surface area (Å²) in [6.45, 7) is 9.08. The number of rotatable bonds is 9. The van der Waals surface area contributed by atoms with Crippen LogP contribution in [0.15, 0.2) is 24.3 Å². The van der Waals surface area contributed by atoms with Crippen LogP contribution < -0.4 is 5.32 Å². The molecular weight excluding hydrogens is 258 g/mol. The van der Waals surface area contributed by atoms with Crippen molar-refractivity contribution < 1.29 is 4.74 Å². The van der Waals surface area contributed by atoms with E-state index in [0.717, 1.165) is 29.7 Å². The van der Waals surface area contributed by atoms with Gasteiger partial charge in [-0.3, -0.25) is 0 Å². The third-order valence-corrected chi connectivity index (χ3v) is 3.35. The Labute approximate surface area is 122 Å². The molecule has 0 saturated carbocycles. The molecule has 0 aliphatic carbocycles. The molecule has 1 rings (SSSR count). The van der Waals surface area contributed by atoms with Crippen molar-refractivity contribution in [1.29, 1.82) is 0 Å². The normalized spacial score (nSPS) is 12.9. The zero-order chi connectivity index (χ0) is 14.1. The van der Waals surface area contributed by atoms with Gasteiger partial charge in [-0.1, -0.05) is 37.6 Å². The number of hydrogen-bond acceptors (Lipinski definition) is 2. The van der Waals surface area contributed by atoms with E-state index in [1.165, 1.54) is 12.8 Å². The predicted molar refractivity (Wildman–Crippen MR) is 82.6 cm³/mol. The Morgan fingerprint density at radius 1 is 1.11 bits per heavy atom. The second-order valence-electron chi connectivity index (χ2n) is 5.51. The Balaban J connectivity index is 2.03. The number of benzene rings is 1. The first-order valence-electron chi connectivity index (χ1n) is 7.13. The molecule has 0 aliphatic rings. The van der Waals surface area contributed by atoms with Gasteiger partial charge in [-0.25, -0.2) is 0 Å². The second-order valence-corrected chi connectivity index (χ2v) is 5.94. The van der Waals surface area contributed by atoms with Crippen molar-refractivity contribution in [1.82, 2.24) is 5.32 Å². The minimum absolute atomic E-state index is 0.571. The Hall–Kier alpha value is -0.570. The van der Waals surface area contributed by atoms with E-state index in [0.29, 0.717) is 12.6 Å². The van der Waals surface area contributed by atoms with E-state index in [-0.39, 0.29) is 0 Å². The third-order valence-electron chi connectivity index (χ3n) is 3.10. The maximum Gasteiger partial charge on any atom is 0.0717 e. The van der Waals surface area contributed by atoms with Crippen LogP contribution in [-0.2, 0) is 11.3 Å². The molecule has 19 heavy (non-hydrogen) atoms. The van der Waals surface area contributed by atoms with Crippen LogP contribution in [0.3, 0.4) is 0 Å². The predicted octanol–water partition coefficient (Wildman–Crippen LogP) is 4.27. The third kappa shape index (κ3) is 8.25. The highest BCUT2D eigenvalue weighted by Crippen LogP contribution is 2.10. The van der Waals surface area contributed by atoms with Gasteiger partial charge in [0.2, 0.25) is 0 Å². The van der Waals surface area contributed by atoms with Crippen LogP contribution >= 0.6 is 11.6 Å². The van der Waals surface area contributed by atoms with Gasteiger partial charge in [0, 0.05) is 17.6 Å². The van der Waals surface area contributed by atoms with Crippen molar-refractivity contribution >= 4 is 11.6 Å². The summed E-state index contributed by atoms with van der Waals surface area (Å²) in [5.41, 5.74) is 1.16. The van der Waals surface area contributed by atoms with Gasteiger partial charge in [-0.2, -0.15) is 0 Å². The Morgan fingerprint density at radius 3 is 2.42 bits per heavy atom. The summed E-state index contributed by atoms with van der Waals surface area (Å²) in [6.07, 6.45) is 2.51. The van der Waals surface area contributed by atoms with Crippen LogP contribution in [0.1, 0.15) is 39.2 Å². The lowest BCUT2D eigenvalue weighted by molar-refractivity contribution is 0.120. The maximum absolute atomic E-state index is 5.83. The Bertz CT molecular complexity index is 337. The van der Waals surface area contributed by atoms with Crippen LogP contribution in [-0.4, -0.2) is 19.2 Å². The van der Waals surface area contributed by atoms with Crippen molar-refractivity contribution in [3.8, 4) is 0 Å². The van der Waals surface area contributed by atoms with Gasteiger partial charge >= 0.3 is 0 Å². The summed E-state index contributed by atoms with van der Waals surface area (Å²) in [6, 6.07) is 8.36. The van der Waals surface area contributed by atoms with Gasteiger partial charge in [-0.05, 0) is 43.4 Å². The molecule has 1 aromatic rings. The van der Waals surface area contributed by atoms with E-state index in [1.807, 2.05) is 24.3 Å². The maximum atomic E-state index is 5.83. The zero-order valence-corrected chi connectivity index (χ0v) is 13.0. The first-order chi connectivity index (χ1) is 9.08. The summed E-state index contributed by atoms with van der Waals surface area (Å²) in [7, 11) is 0. The van der Waals surface area contributed by atoms with Crippen molar-refractivity contribution in [2.75, 3.05) is 13.2 Å². The molecule has 2 nitrogen and oxygen atoms in total. The minimum Gasteiger partial charge on any atom is -0.375 e. The summed E-state index contributed by atoms with van der Waals surface area (Å²) in [5.74, 6) is 0.783. The Kier molecular flexibility index (Phi) is 8.11. The summed E-state index contributed by atoms with van der Waals surface area (Å²) < 4.78 is 5.63. The molecule has 1 atom stereocenters. The molecule has 3 heteroatoms. The zero-order valence-electron chi connectivity index (χ0n) is 12.3. The summed E-state index contributed by atoms with van der Waals surface area (Å²) in [5, 5.41) is 4.26. The molecule has 0 radical (unpaired) electrons. The number of halogens is 1. The number of nitrogens with one attached hydrogen (secondary N) is 1. The molecule has 0 heterocycles. The van der Waals surface area contributed by atoms with Crippen LogP contribution in [0.5, 0.6) is 0 Å². The fraction of sp³-hybridized carbons (Fsp3) is 0.625. The van der Waals surface area contributed by atoms with Crippen LogP contribution in [0.25, 0.3) is 0 Å².